The van der Waals surface area contributed by atoms with E-state index in [0.717, 1.165) is 33.7 Å². The van der Waals surface area contributed by atoms with E-state index in [1.165, 1.54) is 11.1 Å². The highest BCUT2D eigenvalue weighted by molar-refractivity contribution is 7.98. The Bertz CT molecular complexity index is 667. The fourth-order valence-corrected chi connectivity index (χ4v) is 3.92. The van der Waals surface area contributed by atoms with E-state index in [4.69, 9.17) is 0 Å². The molecule has 1 aromatic heterocycles. The van der Waals surface area contributed by atoms with Crippen molar-refractivity contribution in [3.63, 3.8) is 0 Å². The molecule has 0 aliphatic carbocycles. The zero-order valence-corrected chi connectivity index (χ0v) is 12.2. The quantitative estimate of drug-likeness (QED) is 0.697. The maximum Gasteiger partial charge on any atom is 0.255 e. The molecule has 1 aliphatic rings. The van der Waals surface area contributed by atoms with Crippen molar-refractivity contribution in [2.24, 2.45) is 0 Å². The molecule has 2 heterocycles. The number of aryl methyl sites for hydroxylation is 1. The molecule has 98 valence electrons. The number of hydrogen-bond acceptors (Lipinski definition) is 4. The van der Waals surface area contributed by atoms with E-state index < -0.39 is 0 Å². The molecule has 5 heteroatoms. The predicted octanol–water partition coefficient (Wildman–Crippen LogP) is 3.12. The number of thioether (sulfide) groups is 2. The summed E-state index contributed by atoms with van der Waals surface area (Å²) in [6.45, 7) is 2.08. The number of benzene rings is 1. The number of hydrogen-bond donors (Lipinski definition) is 1. The molecule has 0 bridgehead atoms. The summed E-state index contributed by atoms with van der Waals surface area (Å²) < 4.78 is 0. The molecule has 1 aromatic carbocycles. The Labute approximate surface area is 120 Å². The lowest BCUT2D eigenvalue weighted by Gasteiger charge is -2.04. The normalized spacial score (nSPS) is 13.5. The van der Waals surface area contributed by atoms with Crippen LogP contribution in [-0.2, 0) is 17.3 Å². The van der Waals surface area contributed by atoms with Crippen molar-refractivity contribution >= 4 is 23.5 Å². The van der Waals surface area contributed by atoms with Crippen LogP contribution in [0.4, 0.5) is 0 Å². The van der Waals surface area contributed by atoms with Crippen molar-refractivity contribution in [3.8, 4) is 0 Å². The van der Waals surface area contributed by atoms with E-state index in [0.29, 0.717) is 0 Å². The molecular formula is C14H14N2OS2. The van der Waals surface area contributed by atoms with Gasteiger partial charge in [-0.2, -0.15) is 11.8 Å². The lowest BCUT2D eigenvalue weighted by Crippen LogP contribution is -2.14. The van der Waals surface area contributed by atoms with Crippen molar-refractivity contribution in [2.75, 3.05) is 0 Å². The van der Waals surface area contributed by atoms with Crippen molar-refractivity contribution < 1.29 is 0 Å². The number of nitrogens with one attached hydrogen (secondary N) is 1. The van der Waals surface area contributed by atoms with Gasteiger partial charge in [0, 0.05) is 22.8 Å². The van der Waals surface area contributed by atoms with Crippen LogP contribution in [0.2, 0.25) is 0 Å². The molecule has 19 heavy (non-hydrogen) atoms. The Hall–Kier alpha value is -1.20. The molecule has 0 saturated carbocycles. The fraction of sp³-hybridized carbons (Fsp3) is 0.286. The molecule has 0 radical (unpaired) electrons. The third-order valence-electron chi connectivity index (χ3n) is 3.02. The van der Waals surface area contributed by atoms with E-state index in [-0.39, 0.29) is 5.56 Å². The minimum atomic E-state index is 0.0294. The lowest BCUT2D eigenvalue weighted by atomic mass is 10.2. The first-order chi connectivity index (χ1) is 9.22. The Kier molecular flexibility index (Phi) is 3.66. The predicted molar refractivity (Wildman–Crippen MR) is 80.6 cm³/mol. The van der Waals surface area contributed by atoms with Crippen LogP contribution in [0, 0.1) is 6.92 Å². The summed E-state index contributed by atoms with van der Waals surface area (Å²) in [6, 6.07) is 8.40. The number of aromatic amines is 1. The Morgan fingerprint density at radius 1 is 1.42 bits per heavy atom. The van der Waals surface area contributed by atoms with Gasteiger partial charge in [0.15, 0.2) is 5.16 Å². The highest BCUT2D eigenvalue weighted by Crippen LogP contribution is 2.27. The highest BCUT2D eigenvalue weighted by atomic mass is 32.2. The summed E-state index contributed by atoms with van der Waals surface area (Å²) in [6.07, 6.45) is 0. The SMILES string of the molecule is Cc1cccc(CSc2nc3c(c(=O)[nH]2)CSC3)c1. The standard InChI is InChI=1S/C14H14N2OS2/c1-9-3-2-4-10(5-9)6-19-14-15-12-8-18-7-11(12)13(17)16-14/h2-5H,6-8H2,1H3,(H,15,16,17). The topological polar surface area (TPSA) is 45.8 Å². The molecule has 1 N–H and O–H groups in total. The summed E-state index contributed by atoms with van der Waals surface area (Å²) in [5.41, 5.74) is 4.35. The van der Waals surface area contributed by atoms with Gasteiger partial charge in [0.25, 0.3) is 5.56 Å². The Morgan fingerprint density at radius 2 is 2.32 bits per heavy atom. The maximum absolute atomic E-state index is 11.9. The van der Waals surface area contributed by atoms with Crippen LogP contribution >= 0.6 is 23.5 Å². The van der Waals surface area contributed by atoms with Crippen LogP contribution in [0.3, 0.4) is 0 Å². The van der Waals surface area contributed by atoms with Gasteiger partial charge in [-0.15, -0.1) is 0 Å². The number of aromatic nitrogens is 2. The zero-order valence-electron chi connectivity index (χ0n) is 10.6. The molecule has 3 nitrogen and oxygen atoms in total. The van der Waals surface area contributed by atoms with Gasteiger partial charge in [-0.05, 0) is 12.5 Å². The van der Waals surface area contributed by atoms with Crippen molar-refractivity contribution in [2.45, 2.75) is 29.3 Å². The van der Waals surface area contributed by atoms with Gasteiger partial charge in [-0.1, -0.05) is 41.6 Å². The van der Waals surface area contributed by atoms with Gasteiger partial charge in [-0.3, -0.25) is 4.79 Å². The van der Waals surface area contributed by atoms with E-state index in [1.807, 2.05) is 0 Å². The van der Waals surface area contributed by atoms with E-state index in [2.05, 4.69) is 41.2 Å². The summed E-state index contributed by atoms with van der Waals surface area (Å²) >= 11 is 3.34. The molecule has 0 saturated heterocycles. The first-order valence-corrected chi connectivity index (χ1v) is 8.24. The van der Waals surface area contributed by atoms with Crippen molar-refractivity contribution in [1.29, 1.82) is 0 Å². The molecule has 0 unspecified atom stereocenters. The molecule has 1 aliphatic heterocycles. The second-order valence-electron chi connectivity index (χ2n) is 4.57. The van der Waals surface area contributed by atoms with Crippen LogP contribution in [0.1, 0.15) is 22.4 Å². The summed E-state index contributed by atoms with van der Waals surface area (Å²) in [5.74, 6) is 2.48. The average Bonchev–Trinajstić information content (AvgIpc) is 2.85. The number of rotatable bonds is 3. The molecule has 0 atom stereocenters. The average molecular weight is 290 g/mol. The van der Waals surface area contributed by atoms with Gasteiger partial charge in [0.2, 0.25) is 0 Å². The third kappa shape index (κ3) is 2.87. The van der Waals surface area contributed by atoms with Crippen LogP contribution in [0.25, 0.3) is 0 Å². The van der Waals surface area contributed by atoms with Gasteiger partial charge < -0.3 is 4.98 Å². The van der Waals surface area contributed by atoms with Gasteiger partial charge in [-0.25, -0.2) is 4.98 Å². The summed E-state index contributed by atoms with van der Waals surface area (Å²) in [5, 5.41) is 0.729. The lowest BCUT2D eigenvalue weighted by molar-refractivity contribution is 0.884. The van der Waals surface area contributed by atoms with Crippen molar-refractivity contribution in [1.82, 2.24) is 9.97 Å². The van der Waals surface area contributed by atoms with E-state index >= 15 is 0 Å². The monoisotopic (exact) mass is 290 g/mol. The van der Waals surface area contributed by atoms with Crippen LogP contribution < -0.4 is 5.56 Å². The van der Waals surface area contributed by atoms with Gasteiger partial charge in [0.05, 0.1) is 5.69 Å². The second kappa shape index (κ2) is 5.43. The highest BCUT2D eigenvalue weighted by Gasteiger charge is 2.17. The van der Waals surface area contributed by atoms with Crippen LogP contribution in [-0.4, -0.2) is 9.97 Å². The second-order valence-corrected chi connectivity index (χ2v) is 6.52. The first-order valence-electron chi connectivity index (χ1n) is 6.10. The Balaban J connectivity index is 1.77. The van der Waals surface area contributed by atoms with Gasteiger partial charge in [0.1, 0.15) is 0 Å². The summed E-state index contributed by atoms with van der Waals surface area (Å²) in [4.78, 5) is 19.3. The molecular weight excluding hydrogens is 276 g/mol. The minimum Gasteiger partial charge on any atom is -0.301 e. The maximum atomic E-state index is 11.9. The number of fused-ring (bicyclic) bond motifs is 1. The van der Waals surface area contributed by atoms with Gasteiger partial charge >= 0.3 is 0 Å². The van der Waals surface area contributed by atoms with Crippen molar-refractivity contribution in [3.05, 3.63) is 57.0 Å². The van der Waals surface area contributed by atoms with Crippen LogP contribution in [0.15, 0.2) is 34.2 Å². The van der Waals surface area contributed by atoms with E-state index in [9.17, 15) is 4.79 Å². The number of H-pyrrole nitrogens is 1. The fourth-order valence-electron chi connectivity index (χ4n) is 2.06. The zero-order chi connectivity index (χ0) is 13.2. The molecule has 2 aromatic rings. The molecule has 0 spiro atoms. The minimum absolute atomic E-state index is 0.0294. The molecule has 0 amide bonds. The molecule has 0 fully saturated rings. The Morgan fingerprint density at radius 3 is 3.16 bits per heavy atom. The smallest absolute Gasteiger partial charge is 0.255 e. The van der Waals surface area contributed by atoms with Crippen LogP contribution in [0.5, 0.6) is 0 Å². The number of nitrogens with zero attached hydrogens (tertiary/aromatic N) is 1. The first kappa shape index (κ1) is 12.8. The third-order valence-corrected chi connectivity index (χ3v) is 4.94. The molecule has 3 rings (SSSR count). The van der Waals surface area contributed by atoms with E-state index in [1.54, 1.807) is 23.5 Å². The largest absolute Gasteiger partial charge is 0.301 e. The summed E-state index contributed by atoms with van der Waals surface area (Å²) in [7, 11) is 0.